The van der Waals surface area contributed by atoms with Crippen molar-refractivity contribution < 1.29 is 0 Å². The molecule has 0 aromatic carbocycles. The predicted molar refractivity (Wildman–Crippen MR) is 119 cm³/mol. The molecule has 1 aromatic rings. The number of aliphatic imine (C=N–C) groups is 1. The Balaban J connectivity index is 0.00000312. The van der Waals surface area contributed by atoms with Crippen molar-refractivity contribution in [2.24, 2.45) is 10.9 Å². The van der Waals surface area contributed by atoms with Crippen LogP contribution < -0.4 is 10.6 Å². The second kappa shape index (κ2) is 11.3. The van der Waals surface area contributed by atoms with E-state index in [9.17, 15) is 0 Å². The van der Waals surface area contributed by atoms with Gasteiger partial charge in [-0.3, -0.25) is 4.90 Å². The minimum Gasteiger partial charge on any atom is -0.357 e. The Kier molecular flexibility index (Phi) is 10.3. The third-order valence-electron chi connectivity index (χ3n) is 4.65. The molecule has 0 saturated carbocycles. The third-order valence-corrected chi connectivity index (χ3v) is 5.70. The van der Waals surface area contributed by atoms with Gasteiger partial charge in [0.05, 0.1) is 12.2 Å². The van der Waals surface area contributed by atoms with Crippen molar-refractivity contribution in [3.63, 3.8) is 0 Å². The molecule has 0 spiro atoms. The summed E-state index contributed by atoms with van der Waals surface area (Å²) in [6.07, 6.45) is 2.67. The van der Waals surface area contributed by atoms with Crippen molar-refractivity contribution in [3.05, 3.63) is 15.6 Å². The molecule has 0 aliphatic carbocycles. The highest BCUT2D eigenvalue weighted by molar-refractivity contribution is 14.0. The molecule has 7 heteroatoms. The highest BCUT2D eigenvalue weighted by Crippen LogP contribution is 2.18. The van der Waals surface area contributed by atoms with Crippen LogP contribution in [0.15, 0.2) is 4.99 Å². The minimum absolute atomic E-state index is 0. The number of rotatable bonds is 7. The number of thiazole rings is 1. The van der Waals surface area contributed by atoms with Gasteiger partial charge in [-0.05, 0) is 52.6 Å². The normalized spacial score (nSPS) is 16.8. The van der Waals surface area contributed by atoms with Crippen LogP contribution in [0.4, 0.5) is 0 Å². The van der Waals surface area contributed by atoms with Crippen molar-refractivity contribution in [2.75, 3.05) is 26.2 Å². The van der Waals surface area contributed by atoms with Gasteiger partial charge in [0.1, 0.15) is 5.01 Å². The average molecular weight is 479 g/mol. The molecule has 0 radical (unpaired) electrons. The molecule has 144 valence electrons. The quantitative estimate of drug-likeness (QED) is 0.357. The van der Waals surface area contributed by atoms with Crippen LogP contribution in [0.25, 0.3) is 0 Å². The first-order chi connectivity index (χ1) is 11.5. The van der Waals surface area contributed by atoms with Crippen LogP contribution in [0, 0.1) is 19.8 Å². The Morgan fingerprint density at radius 2 is 1.92 bits per heavy atom. The van der Waals surface area contributed by atoms with E-state index in [1.807, 2.05) is 0 Å². The average Bonchev–Trinajstić information content (AvgIpc) is 3.15. The number of aryl methyl sites for hydroxylation is 2. The molecular weight excluding hydrogens is 445 g/mol. The van der Waals surface area contributed by atoms with Crippen molar-refractivity contribution in [1.82, 2.24) is 20.5 Å². The number of hydrogen-bond acceptors (Lipinski definition) is 4. The van der Waals surface area contributed by atoms with E-state index in [0.717, 1.165) is 29.8 Å². The number of aromatic nitrogens is 1. The van der Waals surface area contributed by atoms with Crippen LogP contribution in [0.5, 0.6) is 0 Å². The van der Waals surface area contributed by atoms with Crippen LogP contribution in [-0.2, 0) is 6.54 Å². The monoisotopic (exact) mass is 479 g/mol. The Bertz CT molecular complexity index is 518. The van der Waals surface area contributed by atoms with E-state index in [-0.39, 0.29) is 24.0 Å². The molecule has 1 atom stereocenters. The molecule has 25 heavy (non-hydrogen) atoms. The minimum atomic E-state index is 0. The van der Waals surface area contributed by atoms with E-state index >= 15 is 0 Å². The molecule has 1 aliphatic heterocycles. The van der Waals surface area contributed by atoms with Gasteiger partial charge in [-0.1, -0.05) is 13.8 Å². The van der Waals surface area contributed by atoms with Gasteiger partial charge in [-0.2, -0.15) is 0 Å². The molecule has 1 aliphatic rings. The second-order valence-electron chi connectivity index (χ2n) is 6.88. The molecule has 1 aromatic heterocycles. The second-order valence-corrected chi connectivity index (χ2v) is 8.17. The first-order valence-electron chi connectivity index (χ1n) is 9.20. The van der Waals surface area contributed by atoms with Crippen LogP contribution in [0.1, 0.15) is 49.2 Å². The molecule has 2 heterocycles. The molecule has 5 nitrogen and oxygen atoms in total. The Morgan fingerprint density at radius 1 is 1.24 bits per heavy atom. The van der Waals surface area contributed by atoms with Crippen molar-refractivity contribution in [1.29, 1.82) is 0 Å². The summed E-state index contributed by atoms with van der Waals surface area (Å²) in [5, 5.41) is 7.99. The number of hydrogen-bond donors (Lipinski definition) is 2. The fourth-order valence-corrected chi connectivity index (χ4v) is 4.01. The van der Waals surface area contributed by atoms with Gasteiger partial charge in [0.25, 0.3) is 0 Å². The fraction of sp³-hybridized carbons (Fsp3) is 0.778. The zero-order valence-corrected chi connectivity index (χ0v) is 19.4. The lowest BCUT2D eigenvalue weighted by molar-refractivity contribution is 0.192. The molecule has 1 unspecified atom stereocenters. The summed E-state index contributed by atoms with van der Waals surface area (Å²) in [5.41, 5.74) is 1.12. The molecule has 0 bridgehead atoms. The van der Waals surface area contributed by atoms with Crippen molar-refractivity contribution >= 4 is 41.3 Å². The lowest BCUT2D eigenvalue weighted by Crippen LogP contribution is -2.48. The SMILES string of the molecule is CCNC(=NCc1nc(C)c(C)s1)NCC(C(C)C)N1CCCC1.I. The van der Waals surface area contributed by atoms with Gasteiger partial charge >= 0.3 is 0 Å². The van der Waals surface area contributed by atoms with Gasteiger partial charge in [0, 0.05) is 24.0 Å². The zero-order valence-electron chi connectivity index (χ0n) is 16.3. The standard InChI is InChI=1S/C18H33N5S.HI/c1-6-19-18(21-12-17-22-14(4)15(5)24-17)20-11-16(13(2)3)23-9-7-8-10-23;/h13,16H,6-12H2,1-5H3,(H2,19,20,21);1H. The maximum absolute atomic E-state index is 4.72. The van der Waals surface area contributed by atoms with Crippen molar-refractivity contribution in [3.8, 4) is 0 Å². The van der Waals surface area contributed by atoms with Crippen LogP contribution >= 0.6 is 35.3 Å². The van der Waals surface area contributed by atoms with E-state index in [2.05, 4.69) is 55.1 Å². The number of halogens is 1. The van der Waals surface area contributed by atoms with Crippen LogP contribution in [0.3, 0.4) is 0 Å². The van der Waals surface area contributed by atoms with Gasteiger partial charge in [0.2, 0.25) is 0 Å². The maximum Gasteiger partial charge on any atom is 0.191 e. The molecular formula is C18H34IN5S. The Labute approximate surface area is 174 Å². The molecule has 1 saturated heterocycles. The first kappa shape index (κ1) is 22.6. The summed E-state index contributed by atoms with van der Waals surface area (Å²) >= 11 is 1.74. The summed E-state index contributed by atoms with van der Waals surface area (Å²) in [5.74, 6) is 1.54. The number of likely N-dealkylation sites (tertiary alicyclic amines) is 1. The van der Waals surface area contributed by atoms with E-state index in [0.29, 0.717) is 18.5 Å². The van der Waals surface area contributed by atoms with Crippen LogP contribution in [0.2, 0.25) is 0 Å². The van der Waals surface area contributed by atoms with Crippen LogP contribution in [-0.4, -0.2) is 48.1 Å². The van der Waals surface area contributed by atoms with E-state index in [4.69, 9.17) is 4.99 Å². The van der Waals surface area contributed by atoms with Crippen molar-refractivity contribution in [2.45, 2.75) is 60.0 Å². The van der Waals surface area contributed by atoms with E-state index in [1.54, 1.807) is 11.3 Å². The molecule has 2 N–H and O–H groups in total. The molecule has 0 amide bonds. The maximum atomic E-state index is 4.72. The lowest BCUT2D eigenvalue weighted by Gasteiger charge is -2.31. The largest absolute Gasteiger partial charge is 0.357 e. The van der Waals surface area contributed by atoms with Gasteiger partial charge in [-0.15, -0.1) is 35.3 Å². The first-order valence-corrected chi connectivity index (χ1v) is 10.0. The van der Waals surface area contributed by atoms with E-state index < -0.39 is 0 Å². The molecule has 2 rings (SSSR count). The molecule has 1 fully saturated rings. The lowest BCUT2D eigenvalue weighted by atomic mass is 10.0. The van der Waals surface area contributed by atoms with Gasteiger partial charge in [0.15, 0.2) is 5.96 Å². The predicted octanol–water partition coefficient (Wildman–Crippen LogP) is 3.55. The number of nitrogens with zero attached hydrogens (tertiary/aromatic N) is 3. The van der Waals surface area contributed by atoms with Gasteiger partial charge in [-0.25, -0.2) is 9.98 Å². The highest BCUT2D eigenvalue weighted by atomic mass is 127. The highest BCUT2D eigenvalue weighted by Gasteiger charge is 2.24. The smallest absolute Gasteiger partial charge is 0.191 e. The number of guanidine groups is 1. The summed E-state index contributed by atoms with van der Waals surface area (Å²) in [6.45, 7) is 15.8. The summed E-state index contributed by atoms with van der Waals surface area (Å²) in [6, 6.07) is 0.570. The summed E-state index contributed by atoms with van der Waals surface area (Å²) in [7, 11) is 0. The van der Waals surface area contributed by atoms with E-state index in [1.165, 1.54) is 30.8 Å². The number of nitrogens with one attached hydrogen (secondary N) is 2. The summed E-state index contributed by atoms with van der Waals surface area (Å²) in [4.78, 5) is 13.2. The zero-order chi connectivity index (χ0) is 17.5. The topological polar surface area (TPSA) is 52.6 Å². The Morgan fingerprint density at radius 3 is 2.44 bits per heavy atom. The van der Waals surface area contributed by atoms with Gasteiger partial charge < -0.3 is 10.6 Å². The Hall–Kier alpha value is -0.410. The fourth-order valence-electron chi connectivity index (χ4n) is 3.16. The summed E-state index contributed by atoms with van der Waals surface area (Å²) < 4.78 is 0. The third kappa shape index (κ3) is 7.02.